The molecule has 3 aromatic rings. The maximum Gasteiger partial charge on any atom is 0.308 e. The number of esters is 1. The van der Waals surface area contributed by atoms with Crippen LogP contribution in [0, 0.1) is 0 Å². The van der Waals surface area contributed by atoms with E-state index in [-0.39, 0.29) is 24.8 Å². The van der Waals surface area contributed by atoms with Crippen molar-refractivity contribution in [3.8, 4) is 0 Å². The fourth-order valence-electron chi connectivity index (χ4n) is 5.36. The van der Waals surface area contributed by atoms with Crippen molar-refractivity contribution in [1.29, 1.82) is 0 Å². The van der Waals surface area contributed by atoms with E-state index in [1.54, 1.807) is 4.90 Å². The summed E-state index contributed by atoms with van der Waals surface area (Å²) in [5, 5.41) is 3.98. The van der Waals surface area contributed by atoms with Crippen molar-refractivity contribution in [3.63, 3.8) is 0 Å². The molecule has 1 spiro atoms. The fraction of sp³-hybridized carbons (Fsp3) is 0.393. The van der Waals surface area contributed by atoms with Crippen molar-refractivity contribution in [1.82, 2.24) is 20.1 Å². The Hall–Kier alpha value is -3.65. The van der Waals surface area contributed by atoms with E-state index >= 15 is 0 Å². The van der Waals surface area contributed by atoms with Crippen molar-refractivity contribution >= 4 is 28.7 Å². The Morgan fingerprint density at radius 2 is 1.78 bits per heavy atom. The van der Waals surface area contributed by atoms with Gasteiger partial charge in [-0.05, 0) is 43.5 Å². The van der Waals surface area contributed by atoms with Gasteiger partial charge in [0.05, 0.1) is 6.42 Å². The van der Waals surface area contributed by atoms with Gasteiger partial charge in [0.1, 0.15) is 18.2 Å². The van der Waals surface area contributed by atoms with Crippen LogP contribution in [0.5, 0.6) is 0 Å². The first-order valence-electron chi connectivity index (χ1n) is 12.5. The summed E-state index contributed by atoms with van der Waals surface area (Å²) in [5.41, 5.74) is 2.13. The lowest BCUT2D eigenvalue weighted by Gasteiger charge is -2.51. The topological polar surface area (TPSA) is 94.7 Å². The molecular formula is C28H32N4O4. The number of hydrogen-bond acceptors (Lipinski definition) is 5. The first kappa shape index (κ1) is 24.1. The third-order valence-electron chi connectivity index (χ3n) is 7.52. The van der Waals surface area contributed by atoms with E-state index in [2.05, 4.69) is 21.3 Å². The smallest absolute Gasteiger partial charge is 0.308 e. The van der Waals surface area contributed by atoms with Gasteiger partial charge in [-0.1, -0.05) is 48.5 Å². The van der Waals surface area contributed by atoms with Gasteiger partial charge in [-0.25, -0.2) is 0 Å². The SMILES string of the molecule is CN1CCC2(CC1)C(=O)NC(CC(=O)OCc1ccccc1)C(=O)N2CCc1c[nH]c2ccccc12. The summed E-state index contributed by atoms with van der Waals surface area (Å²) in [7, 11) is 2.03. The summed E-state index contributed by atoms with van der Waals surface area (Å²) in [5.74, 6) is -0.890. The molecule has 36 heavy (non-hydrogen) atoms. The molecule has 2 aliphatic heterocycles. The summed E-state index contributed by atoms with van der Waals surface area (Å²) in [6.45, 7) is 2.00. The van der Waals surface area contributed by atoms with E-state index < -0.39 is 17.6 Å². The van der Waals surface area contributed by atoms with Crippen molar-refractivity contribution < 1.29 is 19.1 Å². The number of carbonyl (C=O) groups is 3. The van der Waals surface area contributed by atoms with Crippen LogP contribution < -0.4 is 5.32 Å². The number of likely N-dealkylation sites (tertiary alicyclic amines) is 1. The number of aromatic amines is 1. The number of amides is 2. The van der Waals surface area contributed by atoms with Crippen LogP contribution in [0.2, 0.25) is 0 Å². The lowest BCUT2D eigenvalue weighted by Crippen LogP contribution is -2.73. The molecule has 5 rings (SSSR count). The predicted molar refractivity (Wildman–Crippen MR) is 136 cm³/mol. The maximum absolute atomic E-state index is 13.7. The number of aromatic nitrogens is 1. The van der Waals surface area contributed by atoms with E-state index in [0.29, 0.717) is 25.8 Å². The molecule has 1 unspecified atom stereocenters. The average molecular weight is 489 g/mol. The number of benzene rings is 2. The first-order valence-corrected chi connectivity index (χ1v) is 12.5. The minimum Gasteiger partial charge on any atom is -0.461 e. The molecule has 8 nitrogen and oxygen atoms in total. The number of ether oxygens (including phenoxy) is 1. The molecule has 1 atom stereocenters. The summed E-state index contributed by atoms with van der Waals surface area (Å²) in [6.07, 6.45) is 3.54. The minimum absolute atomic E-state index is 0.134. The lowest BCUT2D eigenvalue weighted by atomic mass is 9.81. The molecule has 2 aromatic carbocycles. The number of piperidine rings is 1. The van der Waals surface area contributed by atoms with Crippen LogP contribution in [0.1, 0.15) is 30.4 Å². The second-order valence-electron chi connectivity index (χ2n) is 9.81. The normalized spacial score (nSPS) is 20.0. The largest absolute Gasteiger partial charge is 0.461 e. The summed E-state index contributed by atoms with van der Waals surface area (Å²) >= 11 is 0. The molecule has 8 heteroatoms. The Labute approximate surface area is 210 Å². The maximum atomic E-state index is 13.7. The number of nitrogens with zero attached hydrogens (tertiary/aromatic N) is 2. The molecule has 2 aliphatic rings. The number of nitrogens with one attached hydrogen (secondary N) is 2. The van der Waals surface area contributed by atoms with Gasteiger partial charge in [-0.2, -0.15) is 0 Å². The van der Waals surface area contributed by atoms with Gasteiger partial charge in [0.15, 0.2) is 0 Å². The highest BCUT2D eigenvalue weighted by molar-refractivity contribution is 6.01. The molecule has 2 amide bonds. The molecule has 188 valence electrons. The summed E-state index contributed by atoms with van der Waals surface area (Å²) in [4.78, 5) is 47.0. The minimum atomic E-state index is -0.922. The van der Waals surface area contributed by atoms with Gasteiger partial charge < -0.3 is 24.8 Å². The highest BCUT2D eigenvalue weighted by atomic mass is 16.5. The van der Waals surface area contributed by atoms with E-state index in [0.717, 1.165) is 35.1 Å². The van der Waals surface area contributed by atoms with E-state index in [1.807, 2.05) is 61.8 Å². The van der Waals surface area contributed by atoms with E-state index in [9.17, 15) is 14.4 Å². The Morgan fingerprint density at radius 1 is 1.06 bits per heavy atom. The zero-order chi connectivity index (χ0) is 25.1. The predicted octanol–water partition coefficient (Wildman–Crippen LogP) is 2.64. The second kappa shape index (κ2) is 10.1. The number of piperazine rings is 1. The number of fused-ring (bicyclic) bond motifs is 1. The monoisotopic (exact) mass is 488 g/mol. The number of rotatable bonds is 7. The van der Waals surface area contributed by atoms with Gasteiger partial charge in [-0.3, -0.25) is 14.4 Å². The summed E-state index contributed by atoms with van der Waals surface area (Å²) < 4.78 is 5.40. The highest BCUT2D eigenvalue weighted by Crippen LogP contribution is 2.33. The van der Waals surface area contributed by atoms with E-state index in [1.165, 1.54) is 0 Å². The third-order valence-corrected chi connectivity index (χ3v) is 7.52. The lowest BCUT2D eigenvalue weighted by molar-refractivity contribution is -0.163. The Balaban J connectivity index is 1.32. The molecule has 2 saturated heterocycles. The quantitative estimate of drug-likeness (QED) is 0.499. The zero-order valence-corrected chi connectivity index (χ0v) is 20.5. The van der Waals surface area contributed by atoms with E-state index in [4.69, 9.17) is 4.74 Å². The Kier molecular flexibility index (Phi) is 6.78. The molecule has 1 aromatic heterocycles. The number of H-pyrrole nitrogens is 1. The molecule has 0 saturated carbocycles. The third kappa shape index (κ3) is 4.73. The molecule has 3 heterocycles. The number of para-hydroxylation sites is 1. The Bertz CT molecular complexity index is 1250. The number of carbonyl (C=O) groups excluding carboxylic acids is 3. The van der Waals surface area contributed by atoms with Crippen molar-refractivity contribution in [2.75, 3.05) is 26.7 Å². The van der Waals surface area contributed by atoms with Gasteiger partial charge in [0, 0.05) is 36.7 Å². The van der Waals surface area contributed by atoms with Crippen LogP contribution in [0.3, 0.4) is 0 Å². The van der Waals surface area contributed by atoms with Crippen LogP contribution in [-0.4, -0.2) is 70.8 Å². The van der Waals surface area contributed by atoms with Crippen LogP contribution in [0.4, 0.5) is 0 Å². The van der Waals surface area contributed by atoms with Crippen molar-refractivity contribution in [2.45, 2.75) is 43.9 Å². The molecule has 2 fully saturated rings. The van der Waals surface area contributed by atoms with Gasteiger partial charge >= 0.3 is 5.97 Å². The Morgan fingerprint density at radius 3 is 2.56 bits per heavy atom. The fourth-order valence-corrected chi connectivity index (χ4v) is 5.36. The van der Waals surface area contributed by atoms with Crippen LogP contribution in [0.25, 0.3) is 10.9 Å². The molecular weight excluding hydrogens is 456 g/mol. The van der Waals surface area contributed by atoms with Crippen LogP contribution in [0.15, 0.2) is 60.8 Å². The standard InChI is InChI=1S/C28H32N4O4/c1-31-15-12-28(13-16-31)27(35)30-24(17-25(33)36-19-20-7-3-2-4-8-20)26(34)32(28)14-11-21-18-29-23-10-6-5-9-22(21)23/h2-10,18,24,29H,11-17,19H2,1H3,(H,30,35). The van der Waals surface area contributed by atoms with Gasteiger partial charge in [0.25, 0.3) is 0 Å². The molecule has 0 bridgehead atoms. The highest BCUT2D eigenvalue weighted by Gasteiger charge is 2.53. The molecule has 0 aliphatic carbocycles. The first-order chi connectivity index (χ1) is 17.5. The van der Waals surface area contributed by atoms with Crippen molar-refractivity contribution in [3.05, 3.63) is 71.9 Å². The van der Waals surface area contributed by atoms with Crippen LogP contribution in [-0.2, 0) is 32.1 Å². The molecule has 0 radical (unpaired) electrons. The zero-order valence-electron chi connectivity index (χ0n) is 20.5. The second-order valence-corrected chi connectivity index (χ2v) is 9.81. The summed E-state index contributed by atoms with van der Waals surface area (Å²) in [6, 6.07) is 16.5. The van der Waals surface area contributed by atoms with Gasteiger partial charge in [-0.15, -0.1) is 0 Å². The van der Waals surface area contributed by atoms with Gasteiger partial charge in [0.2, 0.25) is 11.8 Å². The van der Waals surface area contributed by atoms with Crippen molar-refractivity contribution in [2.24, 2.45) is 0 Å². The average Bonchev–Trinajstić information content (AvgIpc) is 3.31. The van der Waals surface area contributed by atoms with Crippen LogP contribution >= 0.6 is 0 Å². The molecule has 2 N–H and O–H groups in total. The number of hydrogen-bond donors (Lipinski definition) is 2.